The van der Waals surface area contributed by atoms with Crippen molar-refractivity contribution >= 4 is 35.3 Å². The number of nitrogens with one attached hydrogen (secondary N) is 1. The van der Waals surface area contributed by atoms with Crippen LogP contribution in [0.5, 0.6) is 0 Å². The van der Waals surface area contributed by atoms with E-state index in [4.69, 9.17) is 11.6 Å². The van der Waals surface area contributed by atoms with Gasteiger partial charge in [-0.25, -0.2) is 9.37 Å². The molecule has 1 fully saturated rings. The van der Waals surface area contributed by atoms with Gasteiger partial charge in [0.2, 0.25) is 0 Å². The quantitative estimate of drug-likeness (QED) is 0.876. The first-order valence-electron chi connectivity index (χ1n) is 6.35. The molecule has 0 saturated carbocycles. The first-order chi connectivity index (χ1) is 9.24. The molecule has 1 aromatic carbocycles. The maximum absolute atomic E-state index is 13.2. The lowest BCUT2D eigenvalue weighted by atomic mass is 9.99. The van der Waals surface area contributed by atoms with E-state index in [2.05, 4.69) is 10.3 Å². The SMILES string of the molecule is Cl.Fc1ccc(-c2csc(C3CCNCC3)n2)cc1Cl. The molecule has 6 heteroatoms. The number of rotatable bonds is 2. The Labute approximate surface area is 132 Å². The molecule has 1 aliphatic rings. The zero-order valence-corrected chi connectivity index (χ0v) is 13.1. The van der Waals surface area contributed by atoms with E-state index in [0.29, 0.717) is 5.92 Å². The summed E-state index contributed by atoms with van der Waals surface area (Å²) >= 11 is 7.50. The molecule has 3 rings (SSSR count). The van der Waals surface area contributed by atoms with Crippen LogP contribution in [0.25, 0.3) is 11.3 Å². The van der Waals surface area contributed by atoms with Crippen LogP contribution >= 0.6 is 35.3 Å². The molecule has 1 saturated heterocycles. The molecule has 0 spiro atoms. The molecule has 0 bridgehead atoms. The average Bonchev–Trinajstić information content (AvgIpc) is 2.93. The summed E-state index contributed by atoms with van der Waals surface area (Å²) in [6.07, 6.45) is 2.27. The summed E-state index contributed by atoms with van der Waals surface area (Å²) in [5, 5.41) is 6.71. The third-order valence-corrected chi connectivity index (χ3v) is 4.72. The Morgan fingerprint density at radius 1 is 1.30 bits per heavy atom. The minimum Gasteiger partial charge on any atom is -0.317 e. The lowest BCUT2D eigenvalue weighted by Gasteiger charge is -2.20. The van der Waals surface area contributed by atoms with E-state index < -0.39 is 0 Å². The summed E-state index contributed by atoms with van der Waals surface area (Å²) in [6.45, 7) is 2.11. The average molecular weight is 333 g/mol. The van der Waals surface area contributed by atoms with E-state index in [1.807, 2.05) is 5.38 Å². The molecule has 108 valence electrons. The molecule has 1 aromatic heterocycles. The van der Waals surface area contributed by atoms with Crippen molar-refractivity contribution in [3.63, 3.8) is 0 Å². The molecule has 0 radical (unpaired) electrons. The monoisotopic (exact) mass is 332 g/mol. The van der Waals surface area contributed by atoms with Gasteiger partial charge in [0, 0.05) is 16.9 Å². The molecule has 0 amide bonds. The molecule has 0 atom stereocenters. The Hall–Kier alpha value is -0.680. The number of hydrogen-bond acceptors (Lipinski definition) is 3. The fraction of sp³-hybridized carbons (Fsp3) is 0.357. The van der Waals surface area contributed by atoms with Crippen LogP contribution < -0.4 is 5.32 Å². The minimum atomic E-state index is -0.390. The van der Waals surface area contributed by atoms with Crippen molar-refractivity contribution in [3.05, 3.63) is 39.4 Å². The van der Waals surface area contributed by atoms with Crippen LogP contribution in [0.4, 0.5) is 4.39 Å². The van der Waals surface area contributed by atoms with Crippen LogP contribution in [0.2, 0.25) is 5.02 Å². The summed E-state index contributed by atoms with van der Waals surface area (Å²) in [7, 11) is 0. The number of thiazole rings is 1. The lowest BCUT2D eigenvalue weighted by molar-refractivity contribution is 0.459. The Morgan fingerprint density at radius 3 is 2.75 bits per heavy atom. The van der Waals surface area contributed by atoms with E-state index in [1.165, 1.54) is 11.1 Å². The van der Waals surface area contributed by atoms with E-state index in [9.17, 15) is 4.39 Å². The second kappa shape index (κ2) is 6.85. The maximum Gasteiger partial charge on any atom is 0.141 e. The first kappa shape index (κ1) is 15.7. The van der Waals surface area contributed by atoms with Crippen LogP contribution in [0.15, 0.2) is 23.6 Å². The fourth-order valence-corrected chi connectivity index (χ4v) is 3.51. The van der Waals surface area contributed by atoms with E-state index in [-0.39, 0.29) is 23.2 Å². The third-order valence-electron chi connectivity index (χ3n) is 3.43. The second-order valence-corrected chi connectivity index (χ2v) is 6.02. The van der Waals surface area contributed by atoms with Gasteiger partial charge in [-0.1, -0.05) is 11.6 Å². The zero-order valence-electron chi connectivity index (χ0n) is 10.7. The highest BCUT2D eigenvalue weighted by atomic mass is 35.5. The van der Waals surface area contributed by atoms with Gasteiger partial charge in [-0.2, -0.15) is 0 Å². The van der Waals surface area contributed by atoms with Crippen molar-refractivity contribution in [2.24, 2.45) is 0 Å². The zero-order chi connectivity index (χ0) is 13.2. The van der Waals surface area contributed by atoms with Gasteiger partial charge in [0.1, 0.15) is 5.82 Å². The standard InChI is InChI=1S/C14H14ClFN2S.ClH/c15-11-7-10(1-2-12(11)16)13-8-19-14(18-13)9-3-5-17-6-4-9;/h1-2,7-9,17H,3-6H2;1H. The highest BCUT2D eigenvalue weighted by Crippen LogP contribution is 2.32. The summed E-state index contributed by atoms with van der Waals surface area (Å²) in [5.74, 6) is 0.162. The first-order valence-corrected chi connectivity index (χ1v) is 7.61. The molecular weight excluding hydrogens is 318 g/mol. The topological polar surface area (TPSA) is 24.9 Å². The molecule has 20 heavy (non-hydrogen) atoms. The Morgan fingerprint density at radius 2 is 2.05 bits per heavy atom. The molecule has 0 aliphatic carbocycles. The predicted octanol–water partition coefficient (Wildman–Crippen LogP) is 4.49. The Balaban J connectivity index is 0.00000147. The van der Waals surface area contributed by atoms with Crippen molar-refractivity contribution < 1.29 is 4.39 Å². The lowest BCUT2D eigenvalue weighted by Crippen LogP contribution is -2.26. The Kier molecular flexibility index (Phi) is 5.38. The molecule has 2 heterocycles. The highest BCUT2D eigenvalue weighted by molar-refractivity contribution is 7.10. The van der Waals surface area contributed by atoms with Gasteiger partial charge in [0.25, 0.3) is 0 Å². The second-order valence-electron chi connectivity index (χ2n) is 4.72. The predicted molar refractivity (Wildman–Crippen MR) is 84.6 cm³/mol. The summed E-state index contributed by atoms with van der Waals surface area (Å²) in [5.41, 5.74) is 1.77. The molecular formula is C14H15Cl2FN2S. The number of nitrogens with zero attached hydrogens (tertiary/aromatic N) is 1. The molecule has 1 N–H and O–H groups in total. The number of piperidine rings is 1. The normalized spacial score (nSPS) is 15.9. The van der Waals surface area contributed by atoms with Gasteiger partial charge in [-0.15, -0.1) is 23.7 Å². The van der Waals surface area contributed by atoms with Crippen molar-refractivity contribution in [1.29, 1.82) is 0 Å². The van der Waals surface area contributed by atoms with E-state index in [1.54, 1.807) is 23.5 Å². The molecule has 1 aliphatic heterocycles. The van der Waals surface area contributed by atoms with Gasteiger partial charge >= 0.3 is 0 Å². The van der Waals surface area contributed by atoms with Crippen molar-refractivity contribution in [2.45, 2.75) is 18.8 Å². The molecule has 2 nitrogen and oxygen atoms in total. The third kappa shape index (κ3) is 3.31. The number of benzene rings is 1. The summed E-state index contributed by atoms with van der Waals surface area (Å²) in [4.78, 5) is 4.68. The smallest absolute Gasteiger partial charge is 0.141 e. The largest absolute Gasteiger partial charge is 0.317 e. The van der Waals surface area contributed by atoms with Crippen LogP contribution in [-0.4, -0.2) is 18.1 Å². The van der Waals surface area contributed by atoms with Gasteiger partial charge < -0.3 is 5.32 Å². The minimum absolute atomic E-state index is 0. The summed E-state index contributed by atoms with van der Waals surface area (Å²) < 4.78 is 13.2. The molecule has 2 aromatic rings. The molecule has 0 unspecified atom stereocenters. The number of halogens is 3. The van der Waals surface area contributed by atoms with Gasteiger partial charge in [-0.3, -0.25) is 0 Å². The fourth-order valence-electron chi connectivity index (χ4n) is 2.33. The van der Waals surface area contributed by atoms with Gasteiger partial charge in [0.15, 0.2) is 0 Å². The van der Waals surface area contributed by atoms with Crippen LogP contribution in [0.3, 0.4) is 0 Å². The van der Waals surface area contributed by atoms with Gasteiger partial charge in [-0.05, 0) is 44.1 Å². The van der Waals surface area contributed by atoms with Crippen LogP contribution in [0, 0.1) is 5.82 Å². The summed E-state index contributed by atoms with van der Waals surface area (Å²) in [6, 6.07) is 4.75. The maximum atomic E-state index is 13.2. The van der Waals surface area contributed by atoms with E-state index >= 15 is 0 Å². The van der Waals surface area contributed by atoms with Crippen LogP contribution in [-0.2, 0) is 0 Å². The van der Waals surface area contributed by atoms with E-state index in [0.717, 1.165) is 37.2 Å². The Bertz CT molecular complexity index is 582. The van der Waals surface area contributed by atoms with Crippen molar-refractivity contribution in [2.75, 3.05) is 13.1 Å². The van der Waals surface area contributed by atoms with Crippen molar-refractivity contribution in [1.82, 2.24) is 10.3 Å². The van der Waals surface area contributed by atoms with Gasteiger partial charge in [0.05, 0.1) is 15.7 Å². The van der Waals surface area contributed by atoms with Crippen molar-refractivity contribution in [3.8, 4) is 11.3 Å². The number of aromatic nitrogens is 1. The number of hydrogen-bond donors (Lipinski definition) is 1. The highest BCUT2D eigenvalue weighted by Gasteiger charge is 2.18. The van der Waals surface area contributed by atoms with Crippen LogP contribution in [0.1, 0.15) is 23.8 Å².